The number of sulfonamides is 1. The minimum Gasteiger partial charge on any atom is -0.351 e. The Balaban J connectivity index is 1.44. The highest BCUT2D eigenvalue weighted by Gasteiger charge is 2.31. The monoisotopic (exact) mass is 420 g/mol. The molecule has 2 aromatic carbocycles. The van der Waals surface area contributed by atoms with E-state index >= 15 is 0 Å². The first-order valence-corrected chi connectivity index (χ1v) is 11.2. The first kappa shape index (κ1) is 21.4. The molecule has 0 aliphatic carbocycles. The van der Waals surface area contributed by atoms with Crippen molar-refractivity contribution >= 4 is 15.9 Å². The molecule has 1 aliphatic rings. The molecule has 8 heteroatoms. The Morgan fingerprint density at radius 2 is 1.86 bits per heavy atom. The maximum absolute atomic E-state index is 13.4. The molecule has 1 aliphatic heterocycles. The van der Waals surface area contributed by atoms with E-state index in [-0.39, 0.29) is 10.8 Å². The number of benzene rings is 2. The molecule has 0 spiro atoms. The predicted octanol–water partition coefficient (Wildman–Crippen LogP) is 0.382. The molecule has 29 heavy (non-hydrogen) atoms. The standard InChI is InChI=1S/C21H26FN3O3S/c1-17-5-2-3-6-18(17)9-10-23-21(26)16-24-11-13-25(14-12-24)29(27,28)20-8-4-7-19(22)15-20/h2-8,15H,9-14,16H2,1H3,(H,23,26)/p+1. The summed E-state index contributed by atoms with van der Waals surface area (Å²) in [6.07, 6.45) is 0.785. The van der Waals surface area contributed by atoms with Gasteiger partial charge < -0.3 is 10.2 Å². The van der Waals surface area contributed by atoms with Crippen molar-refractivity contribution in [1.29, 1.82) is 0 Å². The third-order valence-corrected chi connectivity index (χ3v) is 7.15. The average Bonchev–Trinajstić information content (AvgIpc) is 2.70. The lowest BCUT2D eigenvalue weighted by Gasteiger charge is -2.31. The average molecular weight is 421 g/mol. The summed E-state index contributed by atoms with van der Waals surface area (Å²) >= 11 is 0. The second-order valence-electron chi connectivity index (χ2n) is 7.31. The molecule has 0 bridgehead atoms. The zero-order chi connectivity index (χ0) is 20.9. The van der Waals surface area contributed by atoms with Crippen LogP contribution in [0.5, 0.6) is 0 Å². The Kier molecular flexibility index (Phi) is 7.00. The first-order chi connectivity index (χ1) is 13.9. The fourth-order valence-electron chi connectivity index (χ4n) is 3.51. The normalized spacial score (nSPS) is 15.9. The SMILES string of the molecule is Cc1ccccc1CCNC(=O)C[NH+]1CCN(S(=O)(=O)c2cccc(F)c2)CC1. The maximum atomic E-state index is 13.4. The third kappa shape index (κ3) is 5.62. The summed E-state index contributed by atoms with van der Waals surface area (Å²) in [5.41, 5.74) is 2.43. The number of hydrogen-bond acceptors (Lipinski definition) is 3. The number of carbonyl (C=O) groups excluding carboxylic acids is 1. The van der Waals surface area contributed by atoms with Crippen LogP contribution in [0.15, 0.2) is 53.4 Å². The van der Waals surface area contributed by atoms with Gasteiger partial charge >= 0.3 is 0 Å². The summed E-state index contributed by atoms with van der Waals surface area (Å²) < 4.78 is 40.0. The number of nitrogens with one attached hydrogen (secondary N) is 2. The number of rotatable bonds is 7. The van der Waals surface area contributed by atoms with Crippen LogP contribution >= 0.6 is 0 Å². The Bertz CT molecular complexity index is 957. The fourth-order valence-corrected chi connectivity index (χ4v) is 4.99. The van der Waals surface area contributed by atoms with Gasteiger partial charge in [-0.2, -0.15) is 4.31 Å². The van der Waals surface area contributed by atoms with Crippen molar-refractivity contribution < 1.29 is 22.5 Å². The number of halogens is 1. The van der Waals surface area contributed by atoms with Gasteiger partial charge in [0.2, 0.25) is 10.0 Å². The molecule has 1 amide bonds. The Morgan fingerprint density at radius 1 is 1.14 bits per heavy atom. The number of quaternary nitrogens is 1. The van der Waals surface area contributed by atoms with Crippen molar-refractivity contribution in [3.8, 4) is 0 Å². The molecule has 0 saturated carbocycles. The summed E-state index contributed by atoms with van der Waals surface area (Å²) in [7, 11) is -3.71. The van der Waals surface area contributed by atoms with Crippen molar-refractivity contribution in [2.45, 2.75) is 18.2 Å². The van der Waals surface area contributed by atoms with Gasteiger partial charge in [-0.3, -0.25) is 4.79 Å². The number of carbonyl (C=O) groups is 1. The van der Waals surface area contributed by atoms with Crippen LogP contribution in [0.2, 0.25) is 0 Å². The number of hydrogen-bond donors (Lipinski definition) is 2. The van der Waals surface area contributed by atoms with Crippen molar-refractivity contribution in [3.63, 3.8) is 0 Å². The molecular formula is C21H27FN3O3S+. The van der Waals surface area contributed by atoms with E-state index in [1.165, 1.54) is 33.6 Å². The predicted molar refractivity (Wildman–Crippen MR) is 109 cm³/mol. The molecule has 0 aromatic heterocycles. The van der Waals surface area contributed by atoms with Crippen molar-refractivity contribution in [2.24, 2.45) is 0 Å². The molecular weight excluding hydrogens is 393 g/mol. The van der Waals surface area contributed by atoms with Crippen molar-refractivity contribution in [3.05, 3.63) is 65.5 Å². The molecule has 156 valence electrons. The van der Waals surface area contributed by atoms with Gasteiger partial charge in [-0.25, -0.2) is 12.8 Å². The van der Waals surface area contributed by atoms with Crippen LogP contribution in [0.25, 0.3) is 0 Å². The smallest absolute Gasteiger partial charge is 0.275 e. The fraction of sp³-hybridized carbons (Fsp3) is 0.381. The second-order valence-corrected chi connectivity index (χ2v) is 9.25. The quantitative estimate of drug-likeness (QED) is 0.681. The van der Waals surface area contributed by atoms with Crippen LogP contribution in [-0.4, -0.2) is 57.9 Å². The van der Waals surface area contributed by atoms with E-state index in [1.54, 1.807) is 0 Å². The molecule has 6 nitrogen and oxygen atoms in total. The third-order valence-electron chi connectivity index (χ3n) is 5.25. The van der Waals surface area contributed by atoms with Gasteiger partial charge in [0.1, 0.15) is 5.82 Å². The van der Waals surface area contributed by atoms with Crippen LogP contribution in [0.1, 0.15) is 11.1 Å². The molecule has 0 radical (unpaired) electrons. The van der Waals surface area contributed by atoms with Gasteiger partial charge in [0.25, 0.3) is 5.91 Å². The van der Waals surface area contributed by atoms with Crippen LogP contribution in [0.3, 0.4) is 0 Å². The molecule has 2 aromatic rings. The minimum atomic E-state index is -3.71. The van der Waals surface area contributed by atoms with Crippen LogP contribution in [0, 0.1) is 12.7 Å². The maximum Gasteiger partial charge on any atom is 0.275 e. The lowest BCUT2D eigenvalue weighted by Crippen LogP contribution is -3.15. The van der Waals surface area contributed by atoms with Gasteiger partial charge in [0, 0.05) is 6.54 Å². The van der Waals surface area contributed by atoms with Gasteiger partial charge in [-0.15, -0.1) is 0 Å². The van der Waals surface area contributed by atoms with E-state index in [0.717, 1.165) is 17.4 Å². The highest BCUT2D eigenvalue weighted by atomic mass is 32.2. The lowest BCUT2D eigenvalue weighted by atomic mass is 10.1. The highest BCUT2D eigenvalue weighted by molar-refractivity contribution is 7.89. The molecule has 1 heterocycles. The summed E-state index contributed by atoms with van der Waals surface area (Å²) in [4.78, 5) is 13.2. The Labute approximate surface area is 171 Å². The van der Waals surface area contributed by atoms with E-state index in [1.807, 2.05) is 12.1 Å². The van der Waals surface area contributed by atoms with E-state index < -0.39 is 15.8 Å². The topological polar surface area (TPSA) is 70.9 Å². The largest absolute Gasteiger partial charge is 0.351 e. The first-order valence-electron chi connectivity index (χ1n) is 9.77. The number of nitrogens with zero attached hydrogens (tertiary/aromatic N) is 1. The van der Waals surface area contributed by atoms with E-state index in [4.69, 9.17) is 0 Å². The van der Waals surface area contributed by atoms with Crippen molar-refractivity contribution in [1.82, 2.24) is 9.62 Å². The summed E-state index contributed by atoms with van der Waals surface area (Å²) in [5.74, 6) is -0.604. The van der Waals surface area contributed by atoms with Gasteiger partial charge in [-0.05, 0) is 42.7 Å². The summed E-state index contributed by atoms with van der Waals surface area (Å²) in [6.45, 7) is 4.66. The van der Waals surface area contributed by atoms with Gasteiger partial charge in [0.05, 0.1) is 31.1 Å². The van der Waals surface area contributed by atoms with E-state index in [9.17, 15) is 17.6 Å². The second kappa shape index (κ2) is 9.47. The van der Waals surface area contributed by atoms with Crippen LogP contribution in [0.4, 0.5) is 4.39 Å². The Morgan fingerprint density at radius 3 is 2.55 bits per heavy atom. The lowest BCUT2D eigenvalue weighted by molar-refractivity contribution is -0.895. The minimum absolute atomic E-state index is 0.0324. The molecule has 3 rings (SSSR count). The molecule has 1 fully saturated rings. The number of aryl methyl sites for hydroxylation is 1. The van der Waals surface area contributed by atoms with Gasteiger partial charge in [-0.1, -0.05) is 30.3 Å². The molecule has 1 saturated heterocycles. The van der Waals surface area contributed by atoms with E-state index in [2.05, 4.69) is 24.4 Å². The van der Waals surface area contributed by atoms with E-state index in [0.29, 0.717) is 39.3 Å². The van der Waals surface area contributed by atoms with Crippen LogP contribution < -0.4 is 10.2 Å². The zero-order valence-electron chi connectivity index (χ0n) is 16.5. The Hall–Kier alpha value is -2.29. The van der Waals surface area contributed by atoms with Gasteiger partial charge in [0.15, 0.2) is 6.54 Å². The molecule has 2 N–H and O–H groups in total. The summed E-state index contributed by atoms with van der Waals surface area (Å²) in [6, 6.07) is 13.2. The summed E-state index contributed by atoms with van der Waals surface area (Å²) in [5, 5.41) is 2.95. The zero-order valence-corrected chi connectivity index (χ0v) is 17.3. The van der Waals surface area contributed by atoms with Crippen LogP contribution in [-0.2, 0) is 21.2 Å². The number of amides is 1. The molecule has 0 unspecified atom stereocenters. The highest BCUT2D eigenvalue weighted by Crippen LogP contribution is 2.16. The van der Waals surface area contributed by atoms with Crippen molar-refractivity contribution in [2.75, 3.05) is 39.3 Å². The molecule has 0 atom stereocenters. The number of piperazine rings is 1.